The van der Waals surface area contributed by atoms with Crippen molar-refractivity contribution in [3.8, 4) is 0 Å². The van der Waals surface area contributed by atoms with Crippen LogP contribution in [-0.4, -0.2) is 26.7 Å². The maximum Gasteiger partial charge on any atom is 0.191 e. The molecule has 130 valence electrons. The minimum atomic E-state index is -0.243. The third-order valence-electron chi connectivity index (χ3n) is 3.78. The van der Waals surface area contributed by atoms with Gasteiger partial charge in [0.1, 0.15) is 5.82 Å². The van der Waals surface area contributed by atoms with Gasteiger partial charge in [-0.15, -0.1) is 0 Å². The average Bonchev–Trinajstić information content (AvgIpc) is 3.12. The lowest BCUT2D eigenvalue weighted by Crippen LogP contribution is -2.38. The van der Waals surface area contributed by atoms with Crippen LogP contribution in [0.15, 0.2) is 40.0 Å². The number of nitrogens with one attached hydrogen (secondary N) is 2. The molecule has 0 spiro atoms. The molecule has 0 aliphatic heterocycles. The van der Waals surface area contributed by atoms with Gasteiger partial charge in [-0.1, -0.05) is 13.0 Å². The standard InChI is InChI=1S/C18H24FN3OS/c1-13(15-6-7-24-12-15)9-21-18(20-2)22-10-14-4-5-17(19)16(8-14)11-23-3/h4-8,12-13H,9-11H2,1-3H3,(H2,20,21,22). The summed E-state index contributed by atoms with van der Waals surface area (Å²) in [7, 11) is 3.30. The van der Waals surface area contributed by atoms with Crippen molar-refractivity contribution in [1.29, 1.82) is 0 Å². The van der Waals surface area contributed by atoms with Gasteiger partial charge in [0, 0.05) is 32.8 Å². The van der Waals surface area contributed by atoms with Crippen LogP contribution in [0, 0.1) is 5.82 Å². The molecular formula is C18H24FN3OS. The smallest absolute Gasteiger partial charge is 0.191 e. The summed E-state index contributed by atoms with van der Waals surface area (Å²) < 4.78 is 18.6. The van der Waals surface area contributed by atoms with Gasteiger partial charge in [-0.05, 0) is 46.0 Å². The Bertz CT molecular complexity index is 658. The summed E-state index contributed by atoms with van der Waals surface area (Å²) >= 11 is 1.71. The van der Waals surface area contributed by atoms with Gasteiger partial charge < -0.3 is 15.4 Å². The van der Waals surface area contributed by atoms with Gasteiger partial charge in [0.05, 0.1) is 6.61 Å². The van der Waals surface area contributed by atoms with Crippen LogP contribution in [0.3, 0.4) is 0 Å². The third-order valence-corrected chi connectivity index (χ3v) is 4.48. The highest BCUT2D eigenvalue weighted by Crippen LogP contribution is 2.17. The van der Waals surface area contributed by atoms with Crippen molar-refractivity contribution in [2.24, 2.45) is 4.99 Å². The Morgan fingerprint density at radius 1 is 1.33 bits per heavy atom. The SMILES string of the molecule is CN=C(NCc1ccc(F)c(COC)c1)NCC(C)c1ccsc1. The molecule has 0 bridgehead atoms. The molecule has 1 atom stereocenters. The number of ether oxygens (including phenoxy) is 1. The van der Waals surface area contributed by atoms with Crippen LogP contribution in [0.5, 0.6) is 0 Å². The van der Waals surface area contributed by atoms with E-state index in [0.29, 0.717) is 18.0 Å². The molecule has 0 radical (unpaired) electrons. The Morgan fingerprint density at radius 2 is 2.17 bits per heavy atom. The second kappa shape index (κ2) is 9.39. The number of thiophene rings is 1. The molecule has 2 aromatic rings. The summed E-state index contributed by atoms with van der Waals surface area (Å²) in [5, 5.41) is 10.8. The minimum Gasteiger partial charge on any atom is -0.380 e. The predicted octanol–water partition coefficient (Wildman–Crippen LogP) is 3.50. The Hall–Kier alpha value is -1.92. The van der Waals surface area contributed by atoms with Gasteiger partial charge in [0.2, 0.25) is 0 Å². The number of aliphatic imine (C=N–C) groups is 1. The normalized spacial score (nSPS) is 12.9. The topological polar surface area (TPSA) is 45.7 Å². The van der Waals surface area contributed by atoms with E-state index in [1.165, 1.54) is 11.6 Å². The predicted molar refractivity (Wildman–Crippen MR) is 98.0 cm³/mol. The van der Waals surface area contributed by atoms with E-state index in [9.17, 15) is 4.39 Å². The lowest BCUT2D eigenvalue weighted by molar-refractivity contribution is 0.181. The molecule has 0 amide bonds. The molecule has 1 aromatic heterocycles. The number of guanidine groups is 1. The van der Waals surface area contributed by atoms with E-state index < -0.39 is 0 Å². The Labute approximate surface area is 146 Å². The van der Waals surface area contributed by atoms with Crippen LogP contribution in [0.4, 0.5) is 4.39 Å². The first-order chi connectivity index (χ1) is 11.6. The number of methoxy groups -OCH3 is 1. The van der Waals surface area contributed by atoms with Crippen molar-refractivity contribution in [3.63, 3.8) is 0 Å². The highest BCUT2D eigenvalue weighted by atomic mass is 32.1. The van der Waals surface area contributed by atoms with Crippen LogP contribution >= 0.6 is 11.3 Å². The molecule has 6 heteroatoms. The van der Waals surface area contributed by atoms with Gasteiger partial charge in [-0.2, -0.15) is 11.3 Å². The number of rotatable bonds is 7. The number of benzene rings is 1. The summed E-state index contributed by atoms with van der Waals surface area (Å²) in [5.74, 6) is 0.899. The lowest BCUT2D eigenvalue weighted by atomic mass is 10.1. The highest BCUT2D eigenvalue weighted by Gasteiger charge is 2.08. The zero-order valence-corrected chi connectivity index (χ0v) is 15.1. The maximum absolute atomic E-state index is 13.6. The molecule has 0 aliphatic rings. The van der Waals surface area contributed by atoms with E-state index >= 15 is 0 Å². The Balaban J connectivity index is 1.86. The minimum absolute atomic E-state index is 0.243. The van der Waals surface area contributed by atoms with Gasteiger partial charge >= 0.3 is 0 Å². The first kappa shape index (κ1) is 18.4. The van der Waals surface area contributed by atoms with Gasteiger partial charge in [0.15, 0.2) is 5.96 Å². The van der Waals surface area contributed by atoms with E-state index in [0.717, 1.165) is 18.1 Å². The van der Waals surface area contributed by atoms with Crippen molar-refractivity contribution in [1.82, 2.24) is 10.6 Å². The number of hydrogen-bond acceptors (Lipinski definition) is 3. The average molecular weight is 349 g/mol. The molecule has 1 aromatic carbocycles. The van der Waals surface area contributed by atoms with Crippen LogP contribution in [0.1, 0.15) is 29.5 Å². The molecular weight excluding hydrogens is 325 g/mol. The molecule has 2 N–H and O–H groups in total. The van der Waals surface area contributed by atoms with Crippen molar-refractivity contribution in [3.05, 3.63) is 57.5 Å². The number of hydrogen-bond donors (Lipinski definition) is 2. The number of nitrogens with zero attached hydrogens (tertiary/aromatic N) is 1. The van der Waals surface area contributed by atoms with Crippen molar-refractivity contribution in [2.45, 2.75) is 26.0 Å². The van der Waals surface area contributed by atoms with Crippen LogP contribution in [0.2, 0.25) is 0 Å². The molecule has 24 heavy (non-hydrogen) atoms. The summed E-state index contributed by atoms with van der Waals surface area (Å²) in [4.78, 5) is 4.23. The van der Waals surface area contributed by atoms with Gasteiger partial charge in [-0.25, -0.2) is 4.39 Å². The van der Waals surface area contributed by atoms with E-state index in [2.05, 4.69) is 39.4 Å². The van der Waals surface area contributed by atoms with Crippen LogP contribution in [0.25, 0.3) is 0 Å². The molecule has 0 fully saturated rings. The van der Waals surface area contributed by atoms with Crippen molar-refractivity contribution >= 4 is 17.3 Å². The van der Waals surface area contributed by atoms with E-state index in [-0.39, 0.29) is 12.4 Å². The zero-order chi connectivity index (χ0) is 17.4. The largest absolute Gasteiger partial charge is 0.380 e. The summed E-state index contributed by atoms with van der Waals surface area (Å²) in [6.07, 6.45) is 0. The molecule has 1 heterocycles. The highest BCUT2D eigenvalue weighted by molar-refractivity contribution is 7.07. The summed E-state index contributed by atoms with van der Waals surface area (Å²) in [6.45, 7) is 3.82. The second-order valence-corrected chi connectivity index (χ2v) is 6.40. The first-order valence-electron chi connectivity index (χ1n) is 7.87. The van der Waals surface area contributed by atoms with Crippen LogP contribution < -0.4 is 10.6 Å². The Kier molecular flexibility index (Phi) is 7.21. The molecule has 0 saturated carbocycles. The van der Waals surface area contributed by atoms with Crippen molar-refractivity contribution in [2.75, 3.05) is 20.7 Å². The molecule has 0 aliphatic carbocycles. The molecule has 0 saturated heterocycles. The van der Waals surface area contributed by atoms with Gasteiger partial charge in [0.25, 0.3) is 0 Å². The molecule has 1 unspecified atom stereocenters. The lowest BCUT2D eigenvalue weighted by Gasteiger charge is -2.16. The summed E-state index contributed by atoms with van der Waals surface area (Å²) in [5.41, 5.74) is 2.87. The summed E-state index contributed by atoms with van der Waals surface area (Å²) in [6, 6.07) is 7.19. The maximum atomic E-state index is 13.6. The van der Waals surface area contributed by atoms with E-state index in [1.807, 2.05) is 6.07 Å². The fourth-order valence-electron chi connectivity index (χ4n) is 2.33. The zero-order valence-electron chi connectivity index (χ0n) is 14.3. The fraction of sp³-hybridized carbons (Fsp3) is 0.389. The van der Waals surface area contributed by atoms with Crippen LogP contribution in [-0.2, 0) is 17.9 Å². The fourth-order valence-corrected chi connectivity index (χ4v) is 3.12. The molecule has 2 rings (SSSR count). The van der Waals surface area contributed by atoms with Gasteiger partial charge in [-0.3, -0.25) is 4.99 Å². The molecule has 4 nitrogen and oxygen atoms in total. The number of halogens is 1. The monoisotopic (exact) mass is 349 g/mol. The van der Waals surface area contributed by atoms with Crippen molar-refractivity contribution < 1.29 is 9.13 Å². The second-order valence-electron chi connectivity index (χ2n) is 5.62. The quantitative estimate of drug-likeness (QED) is 0.594. The third kappa shape index (κ3) is 5.32. The van der Waals surface area contributed by atoms with E-state index in [4.69, 9.17) is 4.74 Å². The Morgan fingerprint density at radius 3 is 2.83 bits per heavy atom. The first-order valence-corrected chi connectivity index (χ1v) is 8.81. The van der Waals surface area contributed by atoms with E-state index in [1.54, 1.807) is 31.6 Å².